The fraction of sp³-hybridized carbons (Fsp3) is 0.292. The van der Waals surface area contributed by atoms with Crippen molar-refractivity contribution < 1.29 is 23.9 Å². The fourth-order valence-corrected chi connectivity index (χ4v) is 6.64. The molecule has 4 rings (SSSR count). The zero-order valence-electron chi connectivity index (χ0n) is 19.0. The van der Waals surface area contributed by atoms with Crippen LogP contribution >= 0.6 is 58.3 Å². The zero-order valence-corrected chi connectivity index (χ0v) is 22.9. The summed E-state index contributed by atoms with van der Waals surface area (Å²) in [6, 6.07) is 11.4. The van der Waals surface area contributed by atoms with Gasteiger partial charge in [0.05, 0.1) is 17.9 Å². The smallest absolute Gasteiger partial charge is 0.355 e. The normalized spacial score (nSPS) is 18.9. The van der Waals surface area contributed by atoms with Crippen molar-refractivity contribution in [1.82, 2.24) is 10.2 Å². The average molecular weight is 588 g/mol. The molecular weight excluding hydrogens is 567 g/mol. The third kappa shape index (κ3) is 5.92. The van der Waals surface area contributed by atoms with E-state index >= 15 is 0 Å². The number of amides is 2. The Kier molecular flexibility index (Phi) is 9.00. The summed E-state index contributed by atoms with van der Waals surface area (Å²) in [6.45, 7) is 0.0329. The Balaban J connectivity index is 1.37. The number of hydrogen-bond donors (Lipinski definition) is 1. The first-order chi connectivity index (χ1) is 17.3. The van der Waals surface area contributed by atoms with E-state index in [0.717, 1.165) is 5.56 Å². The number of thioether (sulfide) groups is 2. The molecule has 1 saturated heterocycles. The van der Waals surface area contributed by atoms with Crippen LogP contribution in [0.25, 0.3) is 0 Å². The van der Waals surface area contributed by atoms with Crippen molar-refractivity contribution in [2.24, 2.45) is 0 Å². The quantitative estimate of drug-likeness (QED) is 0.197. The summed E-state index contributed by atoms with van der Waals surface area (Å²) >= 11 is 20.9. The maximum absolute atomic E-state index is 13.0. The number of alkyl halides is 1. The predicted molar refractivity (Wildman–Crippen MR) is 143 cm³/mol. The molecule has 0 bridgehead atoms. The summed E-state index contributed by atoms with van der Waals surface area (Å²) in [6.07, 6.45) is 0. The highest BCUT2D eigenvalue weighted by molar-refractivity contribution is 8.00. The van der Waals surface area contributed by atoms with E-state index in [4.69, 9.17) is 44.3 Å². The number of carbonyl (C=O) groups is 3. The SMILES string of the molecule is COc1ccc(COC(=O)C2=C(CCl)CS[C@@H]3[C@H](NC(=O)CSc4cc(Cl)ccc4Cl)C(=O)N23)cc1. The first-order valence-electron chi connectivity index (χ1n) is 10.7. The highest BCUT2D eigenvalue weighted by Gasteiger charge is 2.54. The summed E-state index contributed by atoms with van der Waals surface area (Å²) in [7, 11) is 1.57. The van der Waals surface area contributed by atoms with Crippen LogP contribution in [0.3, 0.4) is 0 Å². The maximum Gasteiger partial charge on any atom is 0.355 e. The van der Waals surface area contributed by atoms with Gasteiger partial charge in [-0.2, -0.15) is 0 Å². The summed E-state index contributed by atoms with van der Waals surface area (Å²) in [4.78, 5) is 40.5. The largest absolute Gasteiger partial charge is 0.497 e. The lowest BCUT2D eigenvalue weighted by molar-refractivity contribution is -0.153. The molecule has 0 saturated carbocycles. The van der Waals surface area contributed by atoms with Crippen LogP contribution in [-0.4, -0.2) is 58.6 Å². The van der Waals surface area contributed by atoms with Gasteiger partial charge in [0.2, 0.25) is 5.91 Å². The molecule has 2 aromatic rings. The number of methoxy groups -OCH3 is 1. The van der Waals surface area contributed by atoms with Crippen molar-refractivity contribution >= 4 is 76.1 Å². The van der Waals surface area contributed by atoms with Gasteiger partial charge in [0.25, 0.3) is 5.91 Å². The van der Waals surface area contributed by atoms with E-state index in [1.807, 2.05) is 0 Å². The van der Waals surface area contributed by atoms with Gasteiger partial charge in [-0.1, -0.05) is 35.3 Å². The average Bonchev–Trinajstić information content (AvgIpc) is 2.90. The number of ether oxygens (including phenoxy) is 2. The van der Waals surface area contributed by atoms with E-state index in [0.29, 0.717) is 32.0 Å². The lowest BCUT2D eigenvalue weighted by Crippen LogP contribution is -2.70. The molecule has 2 aliphatic heterocycles. The first kappa shape index (κ1) is 27.0. The Hall–Kier alpha value is -2.04. The van der Waals surface area contributed by atoms with Crippen LogP contribution in [0, 0.1) is 0 Å². The number of β-lactam (4-membered cyclic amide) rings is 1. The predicted octanol–water partition coefficient (Wildman–Crippen LogP) is 4.73. The minimum atomic E-state index is -0.751. The lowest BCUT2D eigenvalue weighted by atomic mass is 10.0. The van der Waals surface area contributed by atoms with E-state index in [9.17, 15) is 14.4 Å². The van der Waals surface area contributed by atoms with Crippen LogP contribution in [-0.2, 0) is 25.7 Å². The number of nitrogens with zero attached hydrogens (tertiary/aromatic N) is 1. The van der Waals surface area contributed by atoms with Gasteiger partial charge in [0.15, 0.2) is 0 Å². The lowest BCUT2D eigenvalue weighted by Gasteiger charge is -2.49. The molecule has 0 unspecified atom stereocenters. The Morgan fingerprint density at radius 2 is 1.94 bits per heavy atom. The van der Waals surface area contributed by atoms with Crippen molar-refractivity contribution in [3.8, 4) is 5.75 Å². The number of hydrogen-bond acceptors (Lipinski definition) is 7. The number of benzene rings is 2. The Bertz CT molecular complexity index is 1210. The second-order valence-corrected chi connectivity index (χ2v) is 11.1. The molecule has 2 heterocycles. The highest BCUT2D eigenvalue weighted by atomic mass is 35.5. The molecule has 36 heavy (non-hydrogen) atoms. The van der Waals surface area contributed by atoms with E-state index in [-0.39, 0.29) is 35.8 Å². The van der Waals surface area contributed by atoms with E-state index in [2.05, 4.69) is 5.32 Å². The molecule has 7 nitrogen and oxygen atoms in total. The van der Waals surface area contributed by atoms with Crippen LogP contribution in [0.2, 0.25) is 10.0 Å². The number of nitrogens with one attached hydrogen (secondary N) is 1. The Labute approximate surface area is 231 Å². The molecule has 190 valence electrons. The van der Waals surface area contributed by atoms with Crippen molar-refractivity contribution in [3.63, 3.8) is 0 Å². The second kappa shape index (κ2) is 12.0. The topological polar surface area (TPSA) is 84.9 Å². The minimum absolute atomic E-state index is 0.0329. The fourth-order valence-electron chi connectivity index (χ4n) is 3.66. The van der Waals surface area contributed by atoms with E-state index < -0.39 is 17.4 Å². The van der Waals surface area contributed by atoms with Crippen molar-refractivity contribution in [3.05, 3.63) is 69.3 Å². The summed E-state index contributed by atoms with van der Waals surface area (Å²) < 4.78 is 10.6. The standard InChI is InChI=1S/C24H21Cl3N2O5S2/c1-33-16-5-2-13(3-6-16)10-34-24(32)21-14(9-25)11-36-23-20(22(31)29(21)23)28-19(30)12-35-18-8-15(26)4-7-17(18)27/h2-8,20,23H,9-12H2,1H3,(H,28,30)/t20-,23-/m1/s1. The van der Waals surface area contributed by atoms with E-state index in [1.54, 1.807) is 49.6 Å². The summed E-state index contributed by atoms with van der Waals surface area (Å²) in [5, 5.41) is 3.34. The van der Waals surface area contributed by atoms with Crippen molar-refractivity contribution in [2.75, 3.05) is 24.5 Å². The Morgan fingerprint density at radius 1 is 1.19 bits per heavy atom. The zero-order chi connectivity index (χ0) is 25.8. The molecule has 2 atom stereocenters. The van der Waals surface area contributed by atoms with Gasteiger partial charge in [-0.3, -0.25) is 14.5 Å². The molecule has 1 N–H and O–H groups in total. The number of fused-ring (bicyclic) bond motifs is 1. The third-order valence-corrected chi connectivity index (χ3v) is 8.89. The molecule has 2 amide bonds. The molecule has 12 heteroatoms. The van der Waals surface area contributed by atoms with Crippen molar-refractivity contribution in [2.45, 2.75) is 22.9 Å². The van der Waals surface area contributed by atoms with Crippen LogP contribution in [0.15, 0.2) is 58.6 Å². The molecule has 2 aromatic carbocycles. The van der Waals surface area contributed by atoms with Gasteiger partial charge in [-0.25, -0.2) is 4.79 Å². The maximum atomic E-state index is 13.0. The molecular formula is C24H21Cl3N2O5S2. The molecule has 0 aromatic heterocycles. The molecule has 0 radical (unpaired) electrons. The summed E-state index contributed by atoms with van der Waals surface area (Å²) in [5.41, 5.74) is 1.54. The third-order valence-electron chi connectivity index (χ3n) is 5.50. The number of rotatable bonds is 9. The van der Waals surface area contributed by atoms with Gasteiger partial charge in [0, 0.05) is 21.6 Å². The summed E-state index contributed by atoms with van der Waals surface area (Å²) in [5.74, 6) is -0.0559. The Morgan fingerprint density at radius 3 is 2.64 bits per heavy atom. The second-order valence-electron chi connectivity index (χ2n) is 7.83. The highest BCUT2D eigenvalue weighted by Crippen LogP contribution is 2.41. The van der Waals surface area contributed by atoms with Crippen LogP contribution < -0.4 is 10.1 Å². The van der Waals surface area contributed by atoms with Gasteiger partial charge in [-0.05, 0) is 41.5 Å². The van der Waals surface area contributed by atoms with E-state index in [1.165, 1.54) is 28.4 Å². The molecule has 0 spiro atoms. The van der Waals surface area contributed by atoms with Gasteiger partial charge < -0.3 is 14.8 Å². The first-order valence-corrected chi connectivity index (χ1v) is 14.0. The number of carbonyl (C=O) groups excluding carboxylic acids is 3. The van der Waals surface area contributed by atoms with Crippen LogP contribution in [0.1, 0.15) is 5.56 Å². The molecule has 1 fully saturated rings. The van der Waals surface area contributed by atoms with Crippen molar-refractivity contribution in [1.29, 1.82) is 0 Å². The van der Waals surface area contributed by atoms with Crippen LogP contribution in [0.4, 0.5) is 0 Å². The van der Waals surface area contributed by atoms with Crippen LogP contribution in [0.5, 0.6) is 5.75 Å². The van der Waals surface area contributed by atoms with Gasteiger partial charge >= 0.3 is 5.97 Å². The van der Waals surface area contributed by atoms with Gasteiger partial charge in [0.1, 0.15) is 29.5 Å². The number of halogens is 3. The minimum Gasteiger partial charge on any atom is -0.497 e. The monoisotopic (exact) mass is 586 g/mol. The van der Waals surface area contributed by atoms with Gasteiger partial charge in [-0.15, -0.1) is 35.1 Å². The molecule has 2 aliphatic rings. The number of esters is 1. The molecule has 0 aliphatic carbocycles.